The highest BCUT2D eigenvalue weighted by molar-refractivity contribution is 7.80. The third kappa shape index (κ3) is 6.38. The minimum Gasteiger partial charge on any atom is -0.308 e. The van der Waals surface area contributed by atoms with E-state index in [9.17, 15) is 8.42 Å². The zero-order valence-electron chi connectivity index (χ0n) is 9.67. The minimum absolute atomic E-state index is 0.0673. The van der Waals surface area contributed by atoms with Gasteiger partial charge in [-0.3, -0.25) is 4.55 Å². The molecule has 0 bridgehead atoms. The Hall–Kier alpha value is -0.950. The van der Waals surface area contributed by atoms with Crippen molar-refractivity contribution in [2.75, 3.05) is 6.61 Å². The third-order valence-electron chi connectivity index (χ3n) is 2.35. The van der Waals surface area contributed by atoms with Crippen LogP contribution in [-0.2, 0) is 21.1 Å². The van der Waals surface area contributed by atoms with E-state index in [2.05, 4.69) is 9.50 Å². The van der Waals surface area contributed by atoms with E-state index in [4.69, 9.17) is 4.55 Å². The molecule has 0 saturated heterocycles. The molecule has 1 rings (SSSR count). The second kappa shape index (κ2) is 6.70. The fourth-order valence-electron chi connectivity index (χ4n) is 1.35. The second-order valence-corrected chi connectivity index (χ2v) is 4.78. The van der Waals surface area contributed by atoms with E-state index in [0.29, 0.717) is 13.0 Å². The molecule has 0 unspecified atom stereocenters. The zero-order valence-corrected chi connectivity index (χ0v) is 10.5. The van der Waals surface area contributed by atoms with Crippen molar-refractivity contribution in [2.24, 2.45) is 0 Å². The monoisotopic (exact) mass is 259 g/mol. The van der Waals surface area contributed by atoms with Crippen LogP contribution in [0.4, 0.5) is 0 Å². The van der Waals surface area contributed by atoms with E-state index in [1.54, 1.807) is 0 Å². The molecule has 0 aliphatic rings. The Labute approximate surface area is 102 Å². The van der Waals surface area contributed by atoms with Crippen LogP contribution in [0.1, 0.15) is 18.9 Å². The molecular formula is C11H17NO4S. The summed E-state index contributed by atoms with van der Waals surface area (Å²) >= 11 is 0. The Kier molecular flexibility index (Phi) is 5.57. The summed E-state index contributed by atoms with van der Waals surface area (Å²) < 4.78 is 33.7. The summed E-state index contributed by atoms with van der Waals surface area (Å²) in [5.41, 5.74) is 1.11. The van der Waals surface area contributed by atoms with E-state index in [1.807, 2.05) is 37.3 Å². The first kappa shape index (κ1) is 14.1. The van der Waals surface area contributed by atoms with Crippen LogP contribution in [0.3, 0.4) is 0 Å². The lowest BCUT2D eigenvalue weighted by atomic mass is 10.2. The van der Waals surface area contributed by atoms with Crippen molar-refractivity contribution < 1.29 is 17.2 Å². The number of hydrogen-bond donors (Lipinski definition) is 2. The normalized spacial score (nSPS) is 13.5. The van der Waals surface area contributed by atoms with Crippen LogP contribution < -0.4 is 5.32 Å². The maximum Gasteiger partial charge on any atom is 0.397 e. The summed E-state index contributed by atoms with van der Waals surface area (Å²) in [6.07, 6.45) is 0.711. The van der Waals surface area contributed by atoms with Gasteiger partial charge in [0.05, 0.1) is 6.61 Å². The molecule has 1 aromatic carbocycles. The average molecular weight is 259 g/mol. The molecule has 0 fully saturated rings. The van der Waals surface area contributed by atoms with Crippen LogP contribution in [0.25, 0.3) is 0 Å². The summed E-state index contributed by atoms with van der Waals surface area (Å²) in [6, 6.07) is 9.64. The van der Waals surface area contributed by atoms with Crippen LogP contribution in [-0.4, -0.2) is 25.6 Å². The molecule has 1 atom stereocenters. The van der Waals surface area contributed by atoms with Gasteiger partial charge >= 0.3 is 10.4 Å². The molecule has 0 saturated carbocycles. The van der Waals surface area contributed by atoms with Gasteiger partial charge in [0.1, 0.15) is 0 Å². The molecule has 0 amide bonds. The van der Waals surface area contributed by atoms with Crippen LogP contribution >= 0.6 is 0 Å². The van der Waals surface area contributed by atoms with E-state index in [0.717, 1.165) is 5.56 Å². The summed E-state index contributed by atoms with van der Waals surface area (Å²) in [6.45, 7) is 2.48. The highest BCUT2D eigenvalue weighted by Crippen LogP contribution is 2.01. The molecule has 2 N–H and O–H groups in total. The van der Waals surface area contributed by atoms with Crippen molar-refractivity contribution in [3.8, 4) is 0 Å². The van der Waals surface area contributed by atoms with Gasteiger partial charge < -0.3 is 5.32 Å². The van der Waals surface area contributed by atoms with Gasteiger partial charge in [0, 0.05) is 12.6 Å². The van der Waals surface area contributed by atoms with Gasteiger partial charge in [-0.15, -0.1) is 0 Å². The largest absolute Gasteiger partial charge is 0.397 e. The molecule has 0 radical (unpaired) electrons. The fraction of sp³-hybridized carbons (Fsp3) is 0.455. The first-order valence-corrected chi connectivity index (χ1v) is 6.77. The van der Waals surface area contributed by atoms with Gasteiger partial charge in [-0.2, -0.15) is 8.42 Å². The van der Waals surface area contributed by atoms with E-state index < -0.39 is 10.4 Å². The lowest BCUT2D eigenvalue weighted by molar-refractivity contribution is 0.231. The molecule has 0 spiro atoms. The Bertz CT molecular complexity index is 418. The lowest BCUT2D eigenvalue weighted by Gasteiger charge is -2.15. The van der Waals surface area contributed by atoms with Crippen molar-refractivity contribution in [3.05, 3.63) is 35.9 Å². The summed E-state index contributed by atoms with van der Waals surface area (Å²) in [5.74, 6) is 0. The smallest absolute Gasteiger partial charge is 0.308 e. The third-order valence-corrected chi connectivity index (χ3v) is 2.78. The predicted octanol–water partition coefficient (Wildman–Crippen LogP) is 1.37. The van der Waals surface area contributed by atoms with Gasteiger partial charge in [-0.25, -0.2) is 4.18 Å². The van der Waals surface area contributed by atoms with Crippen LogP contribution in [0, 0.1) is 0 Å². The SMILES string of the molecule is CC[C@H](COS(=O)(=O)O)NCc1ccccc1. The number of rotatable bonds is 7. The Balaban J connectivity index is 2.38. The number of nitrogens with one attached hydrogen (secondary N) is 1. The van der Waals surface area contributed by atoms with Gasteiger partial charge in [-0.05, 0) is 12.0 Å². The molecule has 0 aromatic heterocycles. The quantitative estimate of drug-likeness (QED) is 0.723. The van der Waals surface area contributed by atoms with Crippen molar-refractivity contribution >= 4 is 10.4 Å². The number of hydrogen-bond acceptors (Lipinski definition) is 4. The van der Waals surface area contributed by atoms with E-state index in [1.165, 1.54) is 0 Å². The summed E-state index contributed by atoms with van der Waals surface area (Å²) in [4.78, 5) is 0. The second-order valence-electron chi connectivity index (χ2n) is 3.68. The Morgan fingerprint density at radius 3 is 2.53 bits per heavy atom. The highest BCUT2D eigenvalue weighted by Gasteiger charge is 2.11. The minimum atomic E-state index is -4.35. The highest BCUT2D eigenvalue weighted by atomic mass is 32.3. The molecule has 0 aliphatic heterocycles. The number of benzene rings is 1. The average Bonchev–Trinajstić information content (AvgIpc) is 2.29. The maximum absolute atomic E-state index is 10.4. The molecule has 96 valence electrons. The van der Waals surface area contributed by atoms with E-state index in [-0.39, 0.29) is 12.6 Å². The van der Waals surface area contributed by atoms with Gasteiger partial charge in [0.2, 0.25) is 0 Å². The van der Waals surface area contributed by atoms with Gasteiger partial charge in [0.25, 0.3) is 0 Å². The van der Waals surface area contributed by atoms with Crippen molar-refractivity contribution in [1.29, 1.82) is 0 Å². The predicted molar refractivity (Wildman–Crippen MR) is 64.9 cm³/mol. The topological polar surface area (TPSA) is 75.6 Å². The van der Waals surface area contributed by atoms with E-state index >= 15 is 0 Å². The Morgan fingerprint density at radius 2 is 2.00 bits per heavy atom. The maximum atomic E-state index is 10.4. The van der Waals surface area contributed by atoms with Gasteiger partial charge in [-0.1, -0.05) is 37.3 Å². The fourth-order valence-corrected chi connectivity index (χ4v) is 1.68. The summed E-state index contributed by atoms with van der Waals surface area (Å²) in [5, 5.41) is 3.16. The van der Waals surface area contributed by atoms with Crippen LogP contribution in [0.2, 0.25) is 0 Å². The molecule has 5 nitrogen and oxygen atoms in total. The van der Waals surface area contributed by atoms with Gasteiger partial charge in [0.15, 0.2) is 0 Å². The molecule has 17 heavy (non-hydrogen) atoms. The van der Waals surface area contributed by atoms with Crippen LogP contribution in [0.15, 0.2) is 30.3 Å². The molecule has 6 heteroatoms. The molecule has 0 heterocycles. The molecule has 0 aliphatic carbocycles. The van der Waals surface area contributed by atoms with Crippen molar-refractivity contribution in [1.82, 2.24) is 5.32 Å². The Morgan fingerprint density at radius 1 is 1.35 bits per heavy atom. The van der Waals surface area contributed by atoms with Crippen LogP contribution in [0.5, 0.6) is 0 Å². The molecule has 1 aromatic rings. The molecular weight excluding hydrogens is 242 g/mol. The standard InChI is InChI=1S/C11H17NO4S/c1-2-11(9-16-17(13,14)15)12-8-10-6-4-3-5-7-10/h3-7,11-12H,2,8-9H2,1H3,(H,13,14,15)/t11-/m1/s1. The zero-order chi connectivity index (χ0) is 12.7. The first-order chi connectivity index (χ1) is 8.01. The lowest BCUT2D eigenvalue weighted by Crippen LogP contribution is -2.33. The van der Waals surface area contributed by atoms with Crippen molar-refractivity contribution in [3.63, 3.8) is 0 Å². The first-order valence-electron chi connectivity index (χ1n) is 5.40. The van der Waals surface area contributed by atoms with Crippen molar-refractivity contribution in [2.45, 2.75) is 25.9 Å². The summed E-state index contributed by atoms with van der Waals surface area (Å²) in [7, 11) is -4.35.